The highest BCUT2D eigenvalue weighted by Gasteiger charge is 2.12. The lowest BCUT2D eigenvalue weighted by molar-refractivity contribution is 0.269. The molecule has 1 fully saturated rings. The molecule has 1 aliphatic rings. The zero-order valence-electron chi connectivity index (χ0n) is 18.1. The van der Waals surface area contributed by atoms with Gasteiger partial charge in [-0.2, -0.15) is 0 Å². The zero-order valence-corrected chi connectivity index (χ0v) is 18.9. The summed E-state index contributed by atoms with van der Waals surface area (Å²) in [4.78, 5) is 12.4. The van der Waals surface area contributed by atoms with E-state index in [0.717, 1.165) is 38.7 Å². The molecule has 2 N–H and O–H groups in total. The Bertz CT molecular complexity index is 768. The Morgan fingerprint density at radius 1 is 1.00 bits per heavy atom. The van der Waals surface area contributed by atoms with E-state index in [0.29, 0.717) is 6.54 Å². The van der Waals surface area contributed by atoms with Crippen molar-refractivity contribution in [3.63, 3.8) is 0 Å². The number of nitrogens with one attached hydrogen (secondary N) is 2. The number of guanidine groups is 1. The highest BCUT2D eigenvalue weighted by molar-refractivity contribution is 7.11. The number of nitrogens with zero attached hydrogens (tertiary/aromatic N) is 3. The van der Waals surface area contributed by atoms with Crippen LogP contribution in [0.15, 0.2) is 41.4 Å². The summed E-state index contributed by atoms with van der Waals surface area (Å²) in [6, 6.07) is 13.3. The molecule has 1 aliphatic heterocycles. The van der Waals surface area contributed by atoms with Crippen molar-refractivity contribution < 1.29 is 0 Å². The van der Waals surface area contributed by atoms with Crippen molar-refractivity contribution >= 4 is 17.3 Å². The van der Waals surface area contributed by atoms with Crippen LogP contribution < -0.4 is 10.6 Å². The van der Waals surface area contributed by atoms with Crippen LogP contribution >= 0.6 is 11.3 Å². The van der Waals surface area contributed by atoms with Crippen molar-refractivity contribution in [1.29, 1.82) is 0 Å². The first kappa shape index (κ1) is 21.8. The topological polar surface area (TPSA) is 42.9 Å². The normalized spacial score (nSPS) is 16.6. The SMILES string of the molecule is CCNC(=NCc1ccc(CN2CCCN(C)CC2)cc1)NCc1ccc(C)s1. The molecule has 0 amide bonds. The molecule has 2 aromatic rings. The minimum absolute atomic E-state index is 0.688. The van der Waals surface area contributed by atoms with E-state index in [4.69, 9.17) is 4.99 Å². The van der Waals surface area contributed by atoms with Crippen LogP contribution in [0.4, 0.5) is 0 Å². The second-order valence-corrected chi connectivity index (χ2v) is 9.18. The fraction of sp³-hybridized carbons (Fsp3) is 0.522. The maximum atomic E-state index is 4.75. The summed E-state index contributed by atoms with van der Waals surface area (Å²) in [5.74, 6) is 0.872. The van der Waals surface area contributed by atoms with E-state index in [1.807, 2.05) is 11.3 Å². The molecule has 0 spiro atoms. The van der Waals surface area contributed by atoms with Crippen LogP contribution in [0.5, 0.6) is 0 Å². The Morgan fingerprint density at radius 3 is 2.52 bits per heavy atom. The number of rotatable bonds is 7. The summed E-state index contributed by atoms with van der Waals surface area (Å²) >= 11 is 1.83. The van der Waals surface area contributed by atoms with Crippen molar-refractivity contribution in [1.82, 2.24) is 20.4 Å². The largest absolute Gasteiger partial charge is 0.357 e. The Hall–Kier alpha value is -1.89. The smallest absolute Gasteiger partial charge is 0.191 e. The van der Waals surface area contributed by atoms with Crippen molar-refractivity contribution in [3.8, 4) is 0 Å². The van der Waals surface area contributed by atoms with Gasteiger partial charge in [0.05, 0.1) is 13.1 Å². The first-order valence-corrected chi connectivity index (χ1v) is 11.5. The van der Waals surface area contributed by atoms with E-state index in [2.05, 4.69) is 77.7 Å². The molecule has 5 nitrogen and oxygen atoms in total. The number of benzene rings is 1. The minimum Gasteiger partial charge on any atom is -0.357 e. The molecular weight excluding hydrogens is 378 g/mol. The van der Waals surface area contributed by atoms with Crippen LogP contribution in [-0.4, -0.2) is 55.5 Å². The molecule has 29 heavy (non-hydrogen) atoms. The zero-order chi connectivity index (χ0) is 20.5. The molecule has 158 valence electrons. The third-order valence-corrected chi connectivity index (χ3v) is 6.23. The van der Waals surface area contributed by atoms with Crippen LogP contribution in [0.3, 0.4) is 0 Å². The van der Waals surface area contributed by atoms with Crippen LogP contribution in [0.2, 0.25) is 0 Å². The summed E-state index contributed by atoms with van der Waals surface area (Å²) in [7, 11) is 2.22. The summed E-state index contributed by atoms with van der Waals surface area (Å²) in [5, 5.41) is 6.77. The van der Waals surface area contributed by atoms with E-state index in [1.54, 1.807) is 0 Å². The van der Waals surface area contributed by atoms with Gasteiger partial charge in [0.25, 0.3) is 0 Å². The number of hydrogen-bond acceptors (Lipinski definition) is 4. The van der Waals surface area contributed by atoms with Gasteiger partial charge in [0.15, 0.2) is 5.96 Å². The molecule has 0 saturated carbocycles. The molecule has 0 bridgehead atoms. The van der Waals surface area contributed by atoms with Gasteiger partial charge < -0.3 is 15.5 Å². The Kier molecular flexibility index (Phi) is 8.52. The Morgan fingerprint density at radius 2 is 1.79 bits per heavy atom. The van der Waals surface area contributed by atoms with E-state index < -0.39 is 0 Å². The van der Waals surface area contributed by atoms with Gasteiger partial charge in [-0.15, -0.1) is 11.3 Å². The van der Waals surface area contributed by atoms with Crippen molar-refractivity contribution in [2.24, 2.45) is 4.99 Å². The van der Waals surface area contributed by atoms with Crippen molar-refractivity contribution in [2.45, 2.75) is 39.9 Å². The van der Waals surface area contributed by atoms with Gasteiger partial charge in [0.2, 0.25) is 0 Å². The molecule has 0 unspecified atom stereocenters. The van der Waals surface area contributed by atoms with Crippen LogP contribution in [0.25, 0.3) is 0 Å². The van der Waals surface area contributed by atoms with Gasteiger partial charge in [0, 0.05) is 35.9 Å². The second-order valence-electron chi connectivity index (χ2n) is 7.81. The fourth-order valence-corrected chi connectivity index (χ4v) is 4.36. The number of hydrogen-bond donors (Lipinski definition) is 2. The average molecular weight is 414 g/mol. The lowest BCUT2D eigenvalue weighted by atomic mass is 10.1. The van der Waals surface area contributed by atoms with E-state index >= 15 is 0 Å². The van der Waals surface area contributed by atoms with Gasteiger partial charge in [0.1, 0.15) is 0 Å². The Balaban J connectivity index is 1.51. The highest BCUT2D eigenvalue weighted by atomic mass is 32.1. The average Bonchev–Trinajstić information content (AvgIpc) is 3.03. The number of aliphatic imine (C=N–C) groups is 1. The van der Waals surface area contributed by atoms with Gasteiger partial charge >= 0.3 is 0 Å². The molecule has 1 saturated heterocycles. The molecule has 0 radical (unpaired) electrons. The quantitative estimate of drug-likeness (QED) is 0.539. The van der Waals surface area contributed by atoms with Crippen LogP contribution in [0, 0.1) is 6.92 Å². The van der Waals surface area contributed by atoms with Gasteiger partial charge in [-0.1, -0.05) is 24.3 Å². The van der Waals surface area contributed by atoms with E-state index in [1.165, 1.54) is 40.4 Å². The lowest BCUT2D eigenvalue weighted by Crippen LogP contribution is -2.36. The maximum Gasteiger partial charge on any atom is 0.191 e. The number of aryl methyl sites for hydroxylation is 1. The highest BCUT2D eigenvalue weighted by Crippen LogP contribution is 2.14. The maximum absolute atomic E-state index is 4.75. The summed E-state index contributed by atoms with van der Waals surface area (Å²) in [5.41, 5.74) is 2.63. The summed E-state index contributed by atoms with van der Waals surface area (Å²) in [6.07, 6.45) is 1.26. The molecule has 1 aromatic carbocycles. The lowest BCUT2D eigenvalue weighted by Gasteiger charge is -2.20. The molecule has 6 heteroatoms. The van der Waals surface area contributed by atoms with E-state index in [-0.39, 0.29) is 0 Å². The molecule has 0 aliphatic carbocycles. The predicted molar refractivity (Wildman–Crippen MR) is 125 cm³/mol. The standard InChI is InChI=1S/C23H35N5S/c1-4-24-23(26-17-22-11-6-19(2)29-22)25-16-20-7-9-21(10-8-20)18-28-13-5-12-27(3)14-15-28/h6-11H,4-5,12-18H2,1-3H3,(H2,24,25,26). The second kappa shape index (κ2) is 11.3. The third-order valence-electron chi connectivity index (χ3n) is 5.23. The van der Waals surface area contributed by atoms with Crippen molar-refractivity contribution in [2.75, 3.05) is 39.8 Å². The number of likely N-dealkylation sites (N-methyl/N-ethyl adjacent to an activating group) is 1. The van der Waals surface area contributed by atoms with Crippen molar-refractivity contribution in [3.05, 3.63) is 57.3 Å². The van der Waals surface area contributed by atoms with Crippen LogP contribution in [-0.2, 0) is 19.6 Å². The minimum atomic E-state index is 0.688. The van der Waals surface area contributed by atoms with Gasteiger partial charge in [-0.05, 0) is 63.7 Å². The van der Waals surface area contributed by atoms with Gasteiger partial charge in [-0.25, -0.2) is 4.99 Å². The Labute approximate surface area is 179 Å². The fourth-order valence-electron chi connectivity index (χ4n) is 3.53. The van der Waals surface area contributed by atoms with E-state index in [9.17, 15) is 0 Å². The number of thiophene rings is 1. The first-order valence-electron chi connectivity index (χ1n) is 10.7. The monoisotopic (exact) mass is 413 g/mol. The molecule has 0 atom stereocenters. The molecule has 2 heterocycles. The summed E-state index contributed by atoms with van der Waals surface area (Å²) in [6.45, 7) is 12.4. The molecular formula is C23H35N5S. The predicted octanol–water partition coefficient (Wildman–Crippen LogP) is 3.45. The summed E-state index contributed by atoms with van der Waals surface area (Å²) < 4.78 is 0. The van der Waals surface area contributed by atoms with Gasteiger partial charge in [-0.3, -0.25) is 4.90 Å². The first-order chi connectivity index (χ1) is 14.1. The molecule has 3 rings (SSSR count). The van der Waals surface area contributed by atoms with Crippen LogP contribution in [0.1, 0.15) is 34.2 Å². The molecule has 1 aromatic heterocycles. The third kappa shape index (κ3) is 7.46.